The van der Waals surface area contributed by atoms with Crippen molar-refractivity contribution in [2.24, 2.45) is 7.05 Å². The smallest absolute Gasteiger partial charge is 0.269 e. The van der Waals surface area contributed by atoms with E-state index in [1.165, 1.54) is 12.1 Å². The van der Waals surface area contributed by atoms with Crippen LogP contribution in [-0.2, 0) is 13.6 Å². The summed E-state index contributed by atoms with van der Waals surface area (Å²) in [6, 6.07) is 5.89. The highest BCUT2D eigenvalue weighted by atomic mass is 16.6. The molecule has 0 aliphatic heterocycles. The van der Waals surface area contributed by atoms with Gasteiger partial charge in [-0.05, 0) is 17.7 Å². The minimum absolute atomic E-state index is 0.0157. The first-order chi connectivity index (χ1) is 9.58. The second-order valence-electron chi connectivity index (χ2n) is 4.45. The zero-order chi connectivity index (χ0) is 14.5. The summed E-state index contributed by atoms with van der Waals surface area (Å²) in [4.78, 5) is 14.2. The topological polar surface area (TPSA) is 93.2 Å². The number of non-ortho nitro benzene ring substituents is 1. The number of nitrogens with one attached hydrogen (secondary N) is 1. The van der Waals surface area contributed by atoms with E-state index in [1.54, 1.807) is 18.3 Å². The van der Waals surface area contributed by atoms with Gasteiger partial charge in [0.1, 0.15) is 5.82 Å². The van der Waals surface area contributed by atoms with Gasteiger partial charge in [-0.15, -0.1) is 0 Å². The molecule has 1 aromatic carbocycles. The van der Waals surface area contributed by atoms with Crippen molar-refractivity contribution in [1.29, 1.82) is 0 Å². The lowest BCUT2D eigenvalue weighted by molar-refractivity contribution is -0.384. The molecule has 0 aliphatic rings. The van der Waals surface area contributed by atoms with Gasteiger partial charge >= 0.3 is 0 Å². The molecule has 0 aliphatic carbocycles. The van der Waals surface area contributed by atoms with Gasteiger partial charge in [-0.2, -0.15) is 0 Å². The predicted molar refractivity (Wildman–Crippen MR) is 73.0 cm³/mol. The number of nitrogens with zero attached hydrogens (tertiary/aromatic N) is 3. The molecule has 7 nitrogen and oxygen atoms in total. The van der Waals surface area contributed by atoms with E-state index in [0.29, 0.717) is 18.7 Å². The summed E-state index contributed by atoms with van der Waals surface area (Å²) in [6.45, 7) is 0.901. The van der Waals surface area contributed by atoms with E-state index < -0.39 is 11.0 Å². The fourth-order valence-corrected chi connectivity index (χ4v) is 1.82. The molecule has 1 heterocycles. The Morgan fingerprint density at radius 3 is 2.70 bits per heavy atom. The highest BCUT2D eigenvalue weighted by molar-refractivity contribution is 5.33. The van der Waals surface area contributed by atoms with E-state index >= 15 is 0 Å². The summed E-state index contributed by atoms with van der Waals surface area (Å²) < 4.78 is 1.89. The molecule has 1 atom stereocenters. The first kappa shape index (κ1) is 14.2. The van der Waals surface area contributed by atoms with Gasteiger partial charge in [0, 0.05) is 38.1 Å². The second kappa shape index (κ2) is 6.27. The first-order valence-corrected chi connectivity index (χ1v) is 6.17. The van der Waals surface area contributed by atoms with Crippen molar-refractivity contribution in [3.63, 3.8) is 0 Å². The Bertz CT molecular complexity index is 580. The van der Waals surface area contributed by atoms with Crippen LogP contribution in [0, 0.1) is 10.1 Å². The van der Waals surface area contributed by atoms with Crippen molar-refractivity contribution < 1.29 is 10.0 Å². The van der Waals surface area contributed by atoms with Crippen LogP contribution in [0.2, 0.25) is 0 Å². The molecule has 0 saturated carbocycles. The molecule has 2 aromatic rings. The Kier molecular flexibility index (Phi) is 4.44. The molecule has 7 heteroatoms. The molecule has 20 heavy (non-hydrogen) atoms. The second-order valence-corrected chi connectivity index (χ2v) is 4.45. The van der Waals surface area contributed by atoms with Crippen LogP contribution in [0.1, 0.15) is 17.5 Å². The fraction of sp³-hybridized carbons (Fsp3) is 0.308. The van der Waals surface area contributed by atoms with Crippen LogP contribution in [0.15, 0.2) is 36.7 Å². The molecule has 0 radical (unpaired) electrons. The number of rotatable bonds is 6. The number of benzene rings is 1. The van der Waals surface area contributed by atoms with Crippen LogP contribution in [-0.4, -0.2) is 26.1 Å². The molecule has 106 valence electrons. The van der Waals surface area contributed by atoms with Gasteiger partial charge in [0.2, 0.25) is 0 Å². The molecule has 0 saturated heterocycles. The van der Waals surface area contributed by atoms with E-state index in [1.807, 2.05) is 17.8 Å². The number of nitro groups is 1. The van der Waals surface area contributed by atoms with Gasteiger partial charge in [-0.1, -0.05) is 0 Å². The van der Waals surface area contributed by atoms with Crippen LogP contribution in [0.25, 0.3) is 0 Å². The zero-order valence-corrected chi connectivity index (χ0v) is 11.1. The minimum atomic E-state index is -0.712. The van der Waals surface area contributed by atoms with Crippen molar-refractivity contribution in [1.82, 2.24) is 14.9 Å². The van der Waals surface area contributed by atoms with E-state index in [0.717, 1.165) is 5.82 Å². The standard InChI is InChI=1S/C13H16N4O3/c1-16-7-6-15-13(16)9-14-8-12(18)10-2-4-11(5-3-10)17(19)20/h2-7,12,14,18H,8-9H2,1H3. The lowest BCUT2D eigenvalue weighted by atomic mass is 10.1. The number of aryl methyl sites for hydroxylation is 1. The third-order valence-corrected chi connectivity index (χ3v) is 3.03. The summed E-state index contributed by atoms with van der Waals surface area (Å²) in [5, 5.41) is 23.6. The van der Waals surface area contributed by atoms with Gasteiger partial charge in [-0.25, -0.2) is 4.98 Å². The molecule has 0 fully saturated rings. The van der Waals surface area contributed by atoms with E-state index in [4.69, 9.17) is 0 Å². The number of aromatic nitrogens is 2. The van der Waals surface area contributed by atoms with Crippen molar-refractivity contribution in [2.75, 3.05) is 6.54 Å². The molecular weight excluding hydrogens is 260 g/mol. The van der Waals surface area contributed by atoms with Crippen LogP contribution in [0.3, 0.4) is 0 Å². The molecular formula is C13H16N4O3. The third-order valence-electron chi connectivity index (χ3n) is 3.03. The van der Waals surface area contributed by atoms with E-state index in [9.17, 15) is 15.2 Å². The Labute approximate surface area is 116 Å². The molecule has 1 aromatic heterocycles. The average molecular weight is 276 g/mol. The lowest BCUT2D eigenvalue weighted by Crippen LogP contribution is -2.22. The highest BCUT2D eigenvalue weighted by Crippen LogP contribution is 2.17. The number of nitro benzene ring substituents is 1. The maximum atomic E-state index is 10.5. The zero-order valence-electron chi connectivity index (χ0n) is 11.1. The first-order valence-electron chi connectivity index (χ1n) is 6.17. The Hall–Kier alpha value is -2.25. The Balaban J connectivity index is 1.87. The number of hydrogen-bond acceptors (Lipinski definition) is 5. The maximum Gasteiger partial charge on any atom is 0.269 e. The molecule has 0 bridgehead atoms. The molecule has 1 unspecified atom stereocenters. The van der Waals surface area contributed by atoms with Gasteiger partial charge in [0.25, 0.3) is 5.69 Å². The van der Waals surface area contributed by atoms with Crippen molar-refractivity contribution in [3.8, 4) is 0 Å². The number of aliphatic hydroxyl groups is 1. The van der Waals surface area contributed by atoms with E-state index in [-0.39, 0.29) is 5.69 Å². The monoisotopic (exact) mass is 276 g/mol. The molecule has 2 N–H and O–H groups in total. The SMILES string of the molecule is Cn1ccnc1CNCC(O)c1ccc([N+](=O)[O-])cc1. The van der Waals surface area contributed by atoms with Crippen molar-refractivity contribution >= 4 is 5.69 Å². The average Bonchev–Trinajstić information content (AvgIpc) is 2.84. The largest absolute Gasteiger partial charge is 0.387 e. The summed E-state index contributed by atoms with van der Waals surface area (Å²) in [6.07, 6.45) is 2.85. The number of aliphatic hydroxyl groups excluding tert-OH is 1. The molecule has 0 spiro atoms. The molecule has 2 rings (SSSR count). The van der Waals surface area contributed by atoms with Gasteiger partial charge in [0.15, 0.2) is 0 Å². The third kappa shape index (κ3) is 3.40. The fourth-order valence-electron chi connectivity index (χ4n) is 1.82. The minimum Gasteiger partial charge on any atom is -0.387 e. The molecule has 0 amide bonds. The Morgan fingerprint density at radius 1 is 1.45 bits per heavy atom. The quantitative estimate of drug-likeness (QED) is 0.610. The van der Waals surface area contributed by atoms with E-state index in [2.05, 4.69) is 10.3 Å². The van der Waals surface area contributed by atoms with Crippen molar-refractivity contribution in [3.05, 3.63) is 58.2 Å². The number of hydrogen-bond donors (Lipinski definition) is 2. The van der Waals surface area contributed by atoms with Crippen LogP contribution in [0.5, 0.6) is 0 Å². The van der Waals surface area contributed by atoms with Crippen LogP contribution >= 0.6 is 0 Å². The van der Waals surface area contributed by atoms with Crippen LogP contribution < -0.4 is 5.32 Å². The Morgan fingerprint density at radius 2 is 2.15 bits per heavy atom. The summed E-state index contributed by atoms with van der Waals surface area (Å²) in [7, 11) is 1.90. The normalized spacial score (nSPS) is 12.3. The van der Waals surface area contributed by atoms with Gasteiger partial charge in [0.05, 0.1) is 17.6 Å². The summed E-state index contributed by atoms with van der Waals surface area (Å²) >= 11 is 0. The predicted octanol–water partition coefficient (Wildman–Crippen LogP) is 1.15. The van der Waals surface area contributed by atoms with Crippen LogP contribution in [0.4, 0.5) is 5.69 Å². The lowest BCUT2D eigenvalue weighted by Gasteiger charge is -2.12. The van der Waals surface area contributed by atoms with Crippen molar-refractivity contribution in [2.45, 2.75) is 12.6 Å². The van der Waals surface area contributed by atoms with Gasteiger partial charge < -0.3 is 15.0 Å². The summed E-state index contributed by atoms with van der Waals surface area (Å²) in [5.74, 6) is 0.876. The van der Waals surface area contributed by atoms with Gasteiger partial charge in [-0.3, -0.25) is 10.1 Å². The highest BCUT2D eigenvalue weighted by Gasteiger charge is 2.10. The number of imidazole rings is 1. The summed E-state index contributed by atoms with van der Waals surface area (Å²) in [5.41, 5.74) is 0.657. The maximum absolute atomic E-state index is 10.5.